The zero-order chi connectivity index (χ0) is 73.4. The number of ether oxygens (including phenoxy) is 8. The van der Waals surface area contributed by atoms with Crippen molar-refractivity contribution < 1.29 is 86.5 Å². The van der Waals surface area contributed by atoms with E-state index < -0.39 is 121 Å². The number of hydrogen-bond donors (Lipinski definition) is 9. The number of H-pyrrole nitrogens is 1. The minimum atomic E-state index is -1.85. The summed E-state index contributed by atoms with van der Waals surface area (Å²) in [6, 6.07) is 1.75. The molecule has 38 heteroatoms. The van der Waals surface area contributed by atoms with Gasteiger partial charge in [-0.3, -0.25) is 33.7 Å². The maximum atomic E-state index is 15.2. The van der Waals surface area contributed by atoms with E-state index in [0.29, 0.717) is 60.0 Å². The van der Waals surface area contributed by atoms with Gasteiger partial charge in [-0.1, -0.05) is 12.1 Å². The molecule has 104 heavy (non-hydrogen) atoms. The molecule has 10 unspecified atom stereocenters. The Kier molecular flexibility index (Phi) is 21.7. The Balaban J connectivity index is 0.981. The van der Waals surface area contributed by atoms with Gasteiger partial charge in [0.15, 0.2) is 12.4 Å². The van der Waals surface area contributed by atoms with Crippen molar-refractivity contribution in [3.8, 4) is 38.4 Å². The molecule has 5 aliphatic heterocycles. The highest BCUT2D eigenvalue weighted by atomic mass is 32.1. The molecule has 0 radical (unpaired) electrons. The maximum absolute atomic E-state index is 15.2. The summed E-state index contributed by atoms with van der Waals surface area (Å²) in [5, 5.41) is 45.7. The van der Waals surface area contributed by atoms with Crippen molar-refractivity contribution in [2.24, 2.45) is 5.73 Å². The molecule has 2 saturated heterocycles. The van der Waals surface area contributed by atoms with Crippen LogP contribution >= 0.6 is 56.7 Å². The zero-order valence-electron chi connectivity index (χ0n) is 56.8. The number of nitrogens with two attached hydrogens (primary N) is 1. The Morgan fingerprint density at radius 1 is 0.846 bits per heavy atom. The molecule has 1 aromatic carbocycles. The number of hydrogen-bond acceptors (Lipinski definition) is 31. The number of amides is 6. The summed E-state index contributed by atoms with van der Waals surface area (Å²) in [6.07, 6.45) is -7.26. The first-order valence-electron chi connectivity index (χ1n) is 32.7. The summed E-state index contributed by atoms with van der Waals surface area (Å²) in [7, 11) is 4.91. The number of aliphatic hydroxyl groups is 2. The molecule has 10 N–H and O–H groups in total. The number of thiazole rings is 5. The average molecular weight is 1520 g/mol. The molecule has 6 amide bonds. The highest BCUT2D eigenvalue weighted by molar-refractivity contribution is 7.14. The number of aromatic amines is 1. The third kappa shape index (κ3) is 15.5. The van der Waals surface area contributed by atoms with Gasteiger partial charge in [0.2, 0.25) is 5.91 Å². The number of allylic oxidation sites excluding steroid dienone is 1. The first-order valence-corrected chi connectivity index (χ1v) is 37.1. The molecule has 8 aromatic rings. The molecule has 0 aliphatic carbocycles. The highest BCUT2D eigenvalue weighted by Gasteiger charge is 2.50. The Labute approximate surface area is 612 Å². The number of benzene rings is 1. The van der Waals surface area contributed by atoms with E-state index in [1.807, 2.05) is 4.90 Å². The quantitative estimate of drug-likeness (QED) is 0.0479. The van der Waals surface area contributed by atoms with E-state index >= 15 is 19.2 Å². The van der Waals surface area contributed by atoms with Crippen LogP contribution in [0.4, 0.5) is 0 Å². The predicted molar refractivity (Wildman–Crippen MR) is 376 cm³/mol. The second kappa shape index (κ2) is 30.9. The lowest BCUT2D eigenvalue weighted by molar-refractivity contribution is -0.280. The van der Waals surface area contributed by atoms with E-state index in [4.69, 9.17) is 68.5 Å². The van der Waals surface area contributed by atoms with Crippen LogP contribution in [0.1, 0.15) is 120 Å². The number of nitrogens with zero attached hydrogens (tertiary/aromatic N) is 8. The standard InChI is InChI=1S/C66H71N15O18S5/c1-28(82)44-57(87)78-45(29(2)92-7)61-74-40(27-103-61)56(86)79-49-50-51(99-42-18-66(4,91)52(80(5)6)30(3)98-42)65(90)96-20-31-9-8-10-35-43(31)34(21-95-50)47(70-35)64(89)97-22-36(71-54(84)38-26-104-63(49)75-38)60-72-37(24-102-60)46-33(59-73-39(25-101-59)55(85)77-44)17-41(94-16-13-81-11-14-93-15-12-81)48(76-46)62-69-32(23-100-62)19-68-58(88)53(67)83/h8-10,17,23-28,30,36,42,44,49-52,70,82,91H,11-16,18-22H2,1-7H3,(H2,67,83)(H,68,88)(H,71,84)(H,77,85)(H,78,87)(H,79,86)/b45-29+. The Morgan fingerprint density at radius 2 is 1.54 bits per heavy atom. The summed E-state index contributed by atoms with van der Waals surface area (Å²) >= 11 is 5.05. The number of esters is 2. The van der Waals surface area contributed by atoms with Crippen molar-refractivity contribution in [2.45, 2.75) is 114 Å². The fraction of sp³-hybridized carbons (Fsp3) is 0.424. The number of rotatable bonds is 12. The van der Waals surface area contributed by atoms with Gasteiger partial charge in [-0.05, 0) is 59.5 Å². The third-order valence-corrected chi connectivity index (χ3v) is 22.4. The Morgan fingerprint density at radius 3 is 2.28 bits per heavy atom. The molecule has 12 bridgehead atoms. The van der Waals surface area contributed by atoms with Gasteiger partial charge in [0.05, 0.1) is 63.0 Å². The lowest BCUT2D eigenvalue weighted by Crippen LogP contribution is -2.62. The van der Waals surface area contributed by atoms with Crippen molar-refractivity contribution >= 4 is 121 Å². The SMILES string of the molecule is CO/C(C)=C1/NC(=O)C(C(C)O)NC(=O)c2csc(n2)-c2cc(OCCN3CCOCC3)c(-c3nc(CNC(=O)C(N)=O)cs3)nc2-c2csc(n2)C2COC(=O)c3[nH]c4cccc5c4c3COC(C(OC3CC(C)(O)C(N(C)C)C(C)O3)C(=O)OC5)C(NC(=O)c3csc1n3)c1nc(cs1)C(=O)N2. The molecule has 7 aromatic heterocycles. The number of carbonyl (C=O) groups is 8. The number of morpholine rings is 1. The number of aliphatic hydroxyl groups excluding tert-OH is 1. The maximum Gasteiger partial charge on any atom is 0.355 e. The number of fused-ring (bicyclic) bond motifs is 15. The van der Waals surface area contributed by atoms with Crippen molar-refractivity contribution in [2.75, 3.05) is 67.3 Å². The van der Waals surface area contributed by atoms with Crippen LogP contribution in [0.3, 0.4) is 0 Å². The third-order valence-electron chi connectivity index (χ3n) is 17.8. The fourth-order valence-corrected chi connectivity index (χ4v) is 17.0. The van der Waals surface area contributed by atoms with Gasteiger partial charge in [0.1, 0.15) is 126 Å². The monoisotopic (exact) mass is 1520 g/mol. The van der Waals surface area contributed by atoms with Gasteiger partial charge in [-0.2, -0.15) is 0 Å². The summed E-state index contributed by atoms with van der Waals surface area (Å²) in [5.74, 6) is -7.35. The number of carbonyl (C=O) groups excluding carboxylic acids is 8. The molecule has 13 rings (SSSR count). The summed E-state index contributed by atoms with van der Waals surface area (Å²) < 4.78 is 50.3. The van der Waals surface area contributed by atoms with Crippen molar-refractivity contribution in [1.82, 2.24) is 71.3 Å². The topological polar surface area (TPSA) is 437 Å². The van der Waals surface area contributed by atoms with E-state index in [2.05, 4.69) is 41.5 Å². The summed E-state index contributed by atoms with van der Waals surface area (Å²) in [4.78, 5) is 150. The van der Waals surface area contributed by atoms with Crippen LogP contribution in [-0.2, 0) is 72.1 Å². The van der Waals surface area contributed by atoms with Crippen molar-refractivity contribution in [3.63, 3.8) is 0 Å². The molecule has 548 valence electrons. The van der Waals surface area contributed by atoms with Gasteiger partial charge in [0, 0.05) is 75.0 Å². The van der Waals surface area contributed by atoms with Gasteiger partial charge in [0.25, 0.3) is 17.7 Å². The smallest absolute Gasteiger partial charge is 0.355 e. The number of cyclic esters (lactones) is 2. The molecule has 12 heterocycles. The zero-order valence-corrected chi connectivity index (χ0v) is 60.9. The van der Waals surface area contributed by atoms with Crippen LogP contribution in [0.2, 0.25) is 0 Å². The van der Waals surface area contributed by atoms with E-state index in [-0.39, 0.29) is 114 Å². The second-order valence-electron chi connectivity index (χ2n) is 25.3. The average Bonchev–Trinajstić information content (AvgIpc) is 1.58. The molecule has 2 fully saturated rings. The molecular formula is C66H71N15O18S5. The minimum Gasteiger partial charge on any atom is -0.499 e. The van der Waals surface area contributed by atoms with Gasteiger partial charge in [-0.25, -0.2) is 39.5 Å². The molecule has 0 spiro atoms. The normalized spacial score (nSPS) is 24.4. The van der Waals surface area contributed by atoms with E-state index in [0.717, 1.165) is 56.7 Å². The summed E-state index contributed by atoms with van der Waals surface area (Å²) in [6.45, 7) is 7.58. The van der Waals surface area contributed by atoms with Crippen molar-refractivity contribution in [1.29, 1.82) is 0 Å². The largest absolute Gasteiger partial charge is 0.499 e. The van der Waals surface area contributed by atoms with Crippen LogP contribution in [0, 0.1) is 0 Å². The molecule has 5 aliphatic rings. The number of primary amides is 1. The fourth-order valence-electron chi connectivity index (χ4n) is 12.8. The second-order valence-corrected chi connectivity index (χ2v) is 29.7. The number of nitrogens with one attached hydrogen (secondary N) is 6. The molecule has 33 nitrogen and oxygen atoms in total. The summed E-state index contributed by atoms with van der Waals surface area (Å²) in [5.41, 5.74) is 5.23. The van der Waals surface area contributed by atoms with Crippen LogP contribution in [0.5, 0.6) is 5.75 Å². The van der Waals surface area contributed by atoms with Crippen LogP contribution in [0.25, 0.3) is 49.3 Å². The number of aromatic nitrogens is 7. The van der Waals surface area contributed by atoms with Crippen LogP contribution in [-0.4, -0.2) is 218 Å². The number of methoxy groups -OCH3 is 1. The number of likely N-dealkylation sites (N-methyl/N-ethyl adjacent to an activating group) is 1. The van der Waals surface area contributed by atoms with E-state index in [9.17, 15) is 29.4 Å². The van der Waals surface area contributed by atoms with Gasteiger partial charge >= 0.3 is 23.8 Å². The van der Waals surface area contributed by atoms with Crippen molar-refractivity contribution in [3.05, 3.63) is 112 Å². The number of pyridine rings is 1. The van der Waals surface area contributed by atoms with Crippen LogP contribution < -0.4 is 37.1 Å². The molecule has 0 saturated carbocycles. The van der Waals surface area contributed by atoms with Gasteiger partial charge in [-0.15, -0.1) is 56.7 Å². The minimum absolute atomic E-state index is 0.0121. The Hall–Kier alpha value is -9.16. The first-order chi connectivity index (χ1) is 49.9. The van der Waals surface area contributed by atoms with Gasteiger partial charge < -0.3 is 90.3 Å². The van der Waals surface area contributed by atoms with E-state index in [1.54, 1.807) is 63.0 Å². The van der Waals surface area contributed by atoms with E-state index in [1.165, 1.54) is 37.1 Å². The Bertz CT molecular complexity index is 4670. The molecule has 10 atom stereocenters. The highest BCUT2D eigenvalue weighted by Crippen LogP contribution is 2.43. The van der Waals surface area contributed by atoms with Crippen LogP contribution in [0.15, 0.2) is 56.9 Å². The first kappa shape index (κ1) is 73.2. The predicted octanol–water partition coefficient (Wildman–Crippen LogP) is 3.56. The lowest BCUT2D eigenvalue weighted by atomic mass is 9.85. The lowest BCUT2D eigenvalue weighted by Gasteiger charge is -2.48. The molecular weight excluding hydrogens is 1450 g/mol.